The lowest BCUT2D eigenvalue weighted by Crippen LogP contribution is -2.13. The van der Waals surface area contributed by atoms with Gasteiger partial charge in [0.2, 0.25) is 0 Å². The third-order valence-electron chi connectivity index (χ3n) is 2.52. The minimum atomic E-state index is -3.79. The highest BCUT2D eigenvalue weighted by Gasteiger charge is 2.23. The number of nitrogens with one attached hydrogen (secondary N) is 2. The molecule has 1 heterocycles. The first-order valence-electron chi connectivity index (χ1n) is 5.74. The fourth-order valence-corrected chi connectivity index (χ4v) is 4.34. The van der Waals surface area contributed by atoms with Gasteiger partial charge in [-0.3, -0.25) is 4.72 Å². The standard InChI is InChI=1S/C12H11Br2ClN2O3S/c1-16-6-8-5-11(12(14)20-8)21(18,19)17-10-4-7(15)2-3-9(10)13/h2-5,16-17H,6H2,1H3. The highest BCUT2D eigenvalue weighted by atomic mass is 79.9. The molecular weight excluding hydrogens is 447 g/mol. The summed E-state index contributed by atoms with van der Waals surface area (Å²) in [6.07, 6.45) is 0. The van der Waals surface area contributed by atoms with E-state index in [2.05, 4.69) is 41.9 Å². The first kappa shape index (κ1) is 16.8. The van der Waals surface area contributed by atoms with Crippen LogP contribution in [0.4, 0.5) is 5.69 Å². The van der Waals surface area contributed by atoms with E-state index >= 15 is 0 Å². The molecule has 21 heavy (non-hydrogen) atoms. The van der Waals surface area contributed by atoms with Crippen molar-refractivity contribution >= 4 is 59.2 Å². The smallest absolute Gasteiger partial charge is 0.266 e. The molecule has 2 rings (SSSR count). The number of anilines is 1. The third kappa shape index (κ3) is 4.01. The quantitative estimate of drug-likeness (QED) is 0.711. The van der Waals surface area contributed by atoms with Crippen molar-refractivity contribution in [3.8, 4) is 0 Å². The zero-order valence-corrected chi connectivity index (χ0v) is 15.5. The fraction of sp³-hybridized carbons (Fsp3) is 0.167. The van der Waals surface area contributed by atoms with Crippen molar-refractivity contribution in [3.63, 3.8) is 0 Å². The maximum Gasteiger partial charge on any atom is 0.266 e. The predicted octanol–water partition coefficient (Wildman–Crippen LogP) is 3.98. The lowest BCUT2D eigenvalue weighted by molar-refractivity contribution is 0.470. The van der Waals surface area contributed by atoms with Crippen LogP contribution in [-0.4, -0.2) is 15.5 Å². The van der Waals surface area contributed by atoms with Crippen molar-refractivity contribution < 1.29 is 12.8 Å². The van der Waals surface area contributed by atoms with E-state index in [1.165, 1.54) is 12.1 Å². The van der Waals surface area contributed by atoms with Crippen LogP contribution in [0, 0.1) is 0 Å². The monoisotopic (exact) mass is 456 g/mol. The summed E-state index contributed by atoms with van der Waals surface area (Å²) in [7, 11) is -2.05. The maximum absolute atomic E-state index is 12.4. The zero-order valence-electron chi connectivity index (χ0n) is 10.8. The van der Waals surface area contributed by atoms with Crippen molar-refractivity contribution in [2.45, 2.75) is 11.4 Å². The summed E-state index contributed by atoms with van der Waals surface area (Å²) >= 11 is 12.3. The van der Waals surface area contributed by atoms with Gasteiger partial charge in [-0.05, 0) is 57.1 Å². The molecule has 1 aromatic heterocycles. The van der Waals surface area contributed by atoms with E-state index in [0.717, 1.165) is 0 Å². The van der Waals surface area contributed by atoms with Gasteiger partial charge in [0.25, 0.3) is 10.0 Å². The molecule has 114 valence electrons. The molecule has 0 aliphatic heterocycles. The van der Waals surface area contributed by atoms with E-state index in [4.69, 9.17) is 16.0 Å². The Balaban J connectivity index is 2.36. The topological polar surface area (TPSA) is 71.3 Å². The van der Waals surface area contributed by atoms with Gasteiger partial charge in [0, 0.05) is 15.6 Å². The summed E-state index contributed by atoms with van der Waals surface area (Å²) in [6.45, 7) is 0.426. The van der Waals surface area contributed by atoms with E-state index in [0.29, 0.717) is 27.5 Å². The molecule has 2 aromatic rings. The van der Waals surface area contributed by atoms with Crippen LogP contribution in [0.1, 0.15) is 5.76 Å². The molecule has 9 heteroatoms. The molecular formula is C12H11Br2ClN2O3S. The van der Waals surface area contributed by atoms with Gasteiger partial charge in [-0.25, -0.2) is 8.42 Å². The van der Waals surface area contributed by atoms with Crippen molar-refractivity contribution in [1.29, 1.82) is 0 Å². The first-order valence-corrected chi connectivity index (χ1v) is 9.19. The Labute approximate surface area is 144 Å². The summed E-state index contributed by atoms with van der Waals surface area (Å²) in [4.78, 5) is 0.0274. The van der Waals surface area contributed by atoms with Crippen LogP contribution in [0.5, 0.6) is 0 Å². The third-order valence-corrected chi connectivity index (χ3v) is 5.67. The molecule has 0 aliphatic carbocycles. The number of hydrogen-bond donors (Lipinski definition) is 2. The molecule has 0 bridgehead atoms. The van der Waals surface area contributed by atoms with Gasteiger partial charge < -0.3 is 9.73 Å². The Kier molecular flexibility index (Phi) is 5.37. The average Bonchev–Trinajstić information content (AvgIpc) is 2.76. The van der Waals surface area contributed by atoms with Gasteiger partial charge in [0.05, 0.1) is 12.2 Å². The van der Waals surface area contributed by atoms with E-state index in [-0.39, 0.29) is 9.56 Å². The summed E-state index contributed by atoms with van der Waals surface area (Å²) in [5.74, 6) is 0.509. The highest BCUT2D eigenvalue weighted by molar-refractivity contribution is 9.10. The summed E-state index contributed by atoms with van der Waals surface area (Å²) in [5.41, 5.74) is 0.353. The highest BCUT2D eigenvalue weighted by Crippen LogP contribution is 2.31. The average molecular weight is 459 g/mol. The SMILES string of the molecule is CNCc1cc(S(=O)(=O)Nc2cc(Cl)ccc2Br)c(Br)o1. The summed E-state index contributed by atoms with van der Waals surface area (Å²) in [5, 5.41) is 3.32. The van der Waals surface area contributed by atoms with Gasteiger partial charge in [0.1, 0.15) is 10.7 Å². The lowest BCUT2D eigenvalue weighted by atomic mass is 10.3. The Bertz CT molecular complexity index is 762. The van der Waals surface area contributed by atoms with Gasteiger partial charge in [-0.15, -0.1) is 0 Å². The zero-order chi connectivity index (χ0) is 15.6. The fourth-order valence-electron chi connectivity index (χ4n) is 1.62. The van der Waals surface area contributed by atoms with Crippen LogP contribution >= 0.6 is 43.5 Å². The van der Waals surface area contributed by atoms with Crippen molar-refractivity contribution in [1.82, 2.24) is 5.32 Å². The molecule has 0 spiro atoms. The number of halogens is 3. The number of hydrogen-bond acceptors (Lipinski definition) is 4. The van der Waals surface area contributed by atoms with Crippen LogP contribution < -0.4 is 10.0 Å². The Hall–Kier alpha value is -0.540. The number of rotatable bonds is 5. The molecule has 0 saturated heterocycles. The van der Waals surface area contributed by atoms with Crippen LogP contribution in [0.15, 0.2) is 42.7 Å². The van der Waals surface area contributed by atoms with E-state index in [1.807, 2.05) is 0 Å². The predicted molar refractivity (Wildman–Crippen MR) is 89.1 cm³/mol. The van der Waals surface area contributed by atoms with E-state index < -0.39 is 10.0 Å². The van der Waals surface area contributed by atoms with Gasteiger partial charge >= 0.3 is 0 Å². The second-order valence-corrected chi connectivity index (χ2v) is 7.77. The van der Waals surface area contributed by atoms with Crippen molar-refractivity contribution in [2.75, 3.05) is 11.8 Å². The van der Waals surface area contributed by atoms with Crippen molar-refractivity contribution in [3.05, 3.63) is 44.2 Å². The van der Waals surface area contributed by atoms with Gasteiger partial charge in [-0.2, -0.15) is 0 Å². The van der Waals surface area contributed by atoms with E-state index in [9.17, 15) is 8.42 Å². The summed E-state index contributed by atoms with van der Waals surface area (Å²) < 4.78 is 33.4. The molecule has 0 saturated carbocycles. The minimum absolute atomic E-state index is 0.0274. The largest absolute Gasteiger partial charge is 0.451 e. The number of sulfonamides is 1. The normalized spacial score (nSPS) is 11.6. The maximum atomic E-state index is 12.4. The van der Waals surface area contributed by atoms with Crippen LogP contribution in [0.2, 0.25) is 5.02 Å². The Morgan fingerprint density at radius 1 is 1.29 bits per heavy atom. The molecule has 1 aromatic carbocycles. The second-order valence-electron chi connectivity index (χ2n) is 4.11. The molecule has 0 fully saturated rings. The van der Waals surface area contributed by atoms with E-state index in [1.54, 1.807) is 19.2 Å². The molecule has 5 nitrogen and oxygen atoms in total. The van der Waals surface area contributed by atoms with Gasteiger partial charge in [0.15, 0.2) is 4.67 Å². The van der Waals surface area contributed by atoms with Crippen LogP contribution in [0.3, 0.4) is 0 Å². The lowest BCUT2D eigenvalue weighted by Gasteiger charge is -2.09. The molecule has 0 aliphatic rings. The summed E-state index contributed by atoms with van der Waals surface area (Å²) in [6, 6.07) is 6.30. The molecule has 2 N–H and O–H groups in total. The van der Waals surface area contributed by atoms with Crippen LogP contribution in [0.25, 0.3) is 0 Å². The van der Waals surface area contributed by atoms with Crippen molar-refractivity contribution in [2.24, 2.45) is 0 Å². The molecule has 0 unspecified atom stereocenters. The number of benzene rings is 1. The number of furan rings is 1. The first-order chi connectivity index (χ1) is 9.83. The van der Waals surface area contributed by atoms with Gasteiger partial charge in [-0.1, -0.05) is 11.6 Å². The molecule has 0 radical (unpaired) electrons. The molecule has 0 atom stereocenters. The molecule has 0 amide bonds. The minimum Gasteiger partial charge on any atom is -0.451 e. The second kappa shape index (κ2) is 6.70. The Morgan fingerprint density at radius 3 is 2.67 bits per heavy atom. The van der Waals surface area contributed by atoms with Crippen LogP contribution in [-0.2, 0) is 16.6 Å². The Morgan fingerprint density at radius 2 is 2.00 bits per heavy atom.